The Labute approximate surface area is 186 Å². The Morgan fingerprint density at radius 1 is 1.10 bits per heavy atom. The summed E-state index contributed by atoms with van der Waals surface area (Å²) in [6.07, 6.45) is 14.0. The number of ketones is 1. The van der Waals surface area contributed by atoms with Crippen LogP contribution in [0.1, 0.15) is 106 Å². The monoisotopic (exact) mass is 410 g/mol. The second-order valence-corrected chi connectivity index (χ2v) is 12.3. The molecule has 30 heavy (non-hydrogen) atoms. The molecule has 0 heterocycles. The molecule has 0 aromatic heterocycles. The van der Waals surface area contributed by atoms with E-state index in [0.29, 0.717) is 17.1 Å². The topological polar surface area (TPSA) is 17.1 Å². The molecule has 3 fully saturated rings. The highest BCUT2D eigenvalue weighted by Crippen LogP contribution is 2.68. The zero-order valence-corrected chi connectivity index (χ0v) is 20.8. The highest BCUT2D eigenvalue weighted by atomic mass is 16.1. The van der Waals surface area contributed by atoms with Gasteiger partial charge >= 0.3 is 0 Å². The third kappa shape index (κ3) is 3.29. The van der Waals surface area contributed by atoms with E-state index in [2.05, 4.69) is 54.5 Å². The predicted molar refractivity (Wildman–Crippen MR) is 127 cm³/mol. The largest absolute Gasteiger partial charge is 0.295 e. The van der Waals surface area contributed by atoms with Crippen LogP contribution in [0.2, 0.25) is 0 Å². The lowest BCUT2D eigenvalue weighted by atomic mass is 9.48. The van der Waals surface area contributed by atoms with E-state index in [1.807, 2.05) is 0 Å². The van der Waals surface area contributed by atoms with E-state index in [0.717, 1.165) is 41.6 Å². The molecular weight excluding hydrogens is 364 g/mol. The highest BCUT2D eigenvalue weighted by Gasteiger charge is 2.60. The first-order chi connectivity index (χ1) is 14.1. The van der Waals surface area contributed by atoms with Gasteiger partial charge in [0, 0.05) is 6.42 Å². The van der Waals surface area contributed by atoms with E-state index in [9.17, 15) is 4.79 Å². The van der Waals surface area contributed by atoms with Crippen LogP contribution in [0.15, 0.2) is 22.8 Å². The van der Waals surface area contributed by atoms with Crippen molar-refractivity contribution in [2.24, 2.45) is 46.3 Å². The summed E-state index contributed by atoms with van der Waals surface area (Å²) in [5.41, 5.74) is 5.04. The minimum absolute atomic E-state index is 0.188. The molecule has 0 aromatic rings. The number of Topliss-reactive ketones (excluding diaryl/α,β-unsaturated/α-hetero) is 1. The Morgan fingerprint density at radius 2 is 1.83 bits per heavy atom. The van der Waals surface area contributed by atoms with Crippen LogP contribution in [0.5, 0.6) is 0 Å². The van der Waals surface area contributed by atoms with E-state index >= 15 is 0 Å². The zero-order chi connectivity index (χ0) is 21.8. The van der Waals surface area contributed by atoms with Crippen LogP contribution in [0, 0.1) is 46.3 Å². The first-order valence-corrected chi connectivity index (χ1v) is 13.0. The van der Waals surface area contributed by atoms with Gasteiger partial charge in [-0.05, 0) is 117 Å². The van der Waals surface area contributed by atoms with Crippen LogP contribution in [0.3, 0.4) is 0 Å². The number of fused-ring (bicyclic) bond motifs is 5. The molecule has 7 atom stereocenters. The minimum Gasteiger partial charge on any atom is -0.295 e. The van der Waals surface area contributed by atoms with Crippen molar-refractivity contribution in [2.45, 2.75) is 106 Å². The molecule has 1 nitrogen and oxygen atoms in total. The van der Waals surface area contributed by atoms with Gasteiger partial charge in [0.2, 0.25) is 0 Å². The zero-order valence-electron chi connectivity index (χ0n) is 20.8. The van der Waals surface area contributed by atoms with Gasteiger partial charge < -0.3 is 0 Å². The molecule has 4 aliphatic carbocycles. The van der Waals surface area contributed by atoms with Gasteiger partial charge in [-0.15, -0.1) is 0 Å². The normalized spacial score (nSPS) is 42.4. The minimum atomic E-state index is 0.188. The van der Waals surface area contributed by atoms with Crippen molar-refractivity contribution in [1.82, 2.24) is 0 Å². The van der Waals surface area contributed by atoms with Crippen LogP contribution in [0.25, 0.3) is 0 Å². The molecule has 0 amide bonds. The first kappa shape index (κ1) is 22.3. The summed E-state index contributed by atoms with van der Waals surface area (Å²) in [7, 11) is 0. The molecule has 0 radical (unpaired) electrons. The lowest BCUT2D eigenvalue weighted by Crippen LogP contribution is -2.49. The number of allylic oxidation sites excluding steroid dienone is 4. The molecular formula is C29H46O. The first-order valence-electron chi connectivity index (χ1n) is 13.0. The van der Waals surface area contributed by atoms with Crippen molar-refractivity contribution in [2.75, 3.05) is 0 Å². The van der Waals surface area contributed by atoms with Gasteiger partial charge in [0.05, 0.1) is 0 Å². The van der Waals surface area contributed by atoms with E-state index in [1.165, 1.54) is 51.4 Å². The molecule has 0 saturated heterocycles. The average Bonchev–Trinajstić information content (AvgIpc) is 3.15. The highest BCUT2D eigenvalue weighted by molar-refractivity contribution is 5.99. The van der Waals surface area contributed by atoms with Crippen molar-refractivity contribution in [3.8, 4) is 0 Å². The average molecular weight is 411 g/mol. The van der Waals surface area contributed by atoms with Crippen molar-refractivity contribution in [3.05, 3.63) is 22.8 Å². The van der Waals surface area contributed by atoms with Crippen molar-refractivity contribution < 1.29 is 4.79 Å². The fraction of sp³-hybridized carbons (Fsp3) is 0.828. The Balaban J connectivity index is 1.50. The molecule has 7 unspecified atom stereocenters. The van der Waals surface area contributed by atoms with Crippen LogP contribution >= 0.6 is 0 Å². The summed E-state index contributed by atoms with van der Waals surface area (Å²) in [5, 5.41) is 0. The van der Waals surface area contributed by atoms with Crippen LogP contribution < -0.4 is 0 Å². The summed E-state index contributed by atoms with van der Waals surface area (Å²) in [6, 6.07) is 0. The second-order valence-electron chi connectivity index (χ2n) is 12.3. The van der Waals surface area contributed by atoms with E-state index in [-0.39, 0.29) is 5.41 Å². The number of carbonyl (C=O) groups is 1. The lowest BCUT2D eigenvalue weighted by molar-refractivity contribution is -0.118. The molecule has 0 bridgehead atoms. The smallest absolute Gasteiger partial charge is 0.159 e. The second kappa shape index (κ2) is 7.93. The van der Waals surface area contributed by atoms with Gasteiger partial charge in [-0.3, -0.25) is 4.79 Å². The lowest BCUT2D eigenvalue weighted by Gasteiger charge is -2.57. The summed E-state index contributed by atoms with van der Waals surface area (Å²) < 4.78 is 0. The number of carbonyl (C=O) groups excluding carboxylic acids is 1. The third-order valence-corrected chi connectivity index (χ3v) is 10.8. The fourth-order valence-electron chi connectivity index (χ4n) is 9.13. The molecule has 1 heteroatoms. The standard InChI is InChI=1S/C29H46O/c1-8-21(18(2)3)10-9-19(4)23-13-14-25-22-11-12-24-20(5)27(30)17-29(24,7)26(22)15-16-28(23,25)6/h8,18-19,22-23,25-26H,9-17H2,1-7H3/b21-8+. The predicted octanol–water partition coefficient (Wildman–Crippen LogP) is 8.15. The van der Waals surface area contributed by atoms with Crippen molar-refractivity contribution >= 4 is 5.78 Å². The molecule has 168 valence electrons. The number of rotatable bonds is 5. The van der Waals surface area contributed by atoms with Crippen LogP contribution in [-0.2, 0) is 4.79 Å². The Bertz CT molecular complexity index is 754. The van der Waals surface area contributed by atoms with Gasteiger partial charge in [0.15, 0.2) is 5.78 Å². The van der Waals surface area contributed by atoms with Gasteiger partial charge in [-0.2, -0.15) is 0 Å². The molecule has 0 aliphatic heterocycles. The Morgan fingerprint density at radius 3 is 2.50 bits per heavy atom. The molecule has 3 saturated carbocycles. The quantitative estimate of drug-likeness (QED) is 0.418. The number of hydrogen-bond acceptors (Lipinski definition) is 1. The molecule has 0 spiro atoms. The number of hydrogen-bond donors (Lipinski definition) is 0. The van der Waals surface area contributed by atoms with E-state index < -0.39 is 0 Å². The Kier molecular flexibility index (Phi) is 5.91. The third-order valence-electron chi connectivity index (χ3n) is 10.8. The van der Waals surface area contributed by atoms with Crippen LogP contribution in [-0.4, -0.2) is 5.78 Å². The van der Waals surface area contributed by atoms with E-state index in [4.69, 9.17) is 0 Å². The van der Waals surface area contributed by atoms with Gasteiger partial charge in [-0.1, -0.05) is 51.8 Å². The maximum Gasteiger partial charge on any atom is 0.159 e. The van der Waals surface area contributed by atoms with Crippen molar-refractivity contribution in [3.63, 3.8) is 0 Å². The SMILES string of the molecule is C/C=C(\CCC(C)C1CCC2C3CCC4=C(C)C(=O)CC4(C)C3CCC12C)C(C)C. The molecule has 4 rings (SSSR count). The molecule has 0 N–H and O–H groups in total. The summed E-state index contributed by atoms with van der Waals surface area (Å²) >= 11 is 0. The van der Waals surface area contributed by atoms with Gasteiger partial charge in [0.25, 0.3) is 0 Å². The summed E-state index contributed by atoms with van der Waals surface area (Å²) in [4.78, 5) is 12.6. The molecule has 0 aromatic carbocycles. The maximum atomic E-state index is 12.6. The van der Waals surface area contributed by atoms with Crippen LogP contribution in [0.4, 0.5) is 0 Å². The van der Waals surface area contributed by atoms with E-state index in [1.54, 1.807) is 11.1 Å². The van der Waals surface area contributed by atoms with Gasteiger partial charge in [-0.25, -0.2) is 0 Å². The molecule has 4 aliphatic rings. The fourth-order valence-corrected chi connectivity index (χ4v) is 9.13. The van der Waals surface area contributed by atoms with Gasteiger partial charge in [0.1, 0.15) is 0 Å². The maximum absolute atomic E-state index is 12.6. The summed E-state index contributed by atoms with van der Waals surface area (Å²) in [5.74, 6) is 5.36. The van der Waals surface area contributed by atoms with Crippen molar-refractivity contribution in [1.29, 1.82) is 0 Å². The Hall–Kier alpha value is -0.850. The summed E-state index contributed by atoms with van der Waals surface area (Å²) in [6.45, 7) is 16.7.